The van der Waals surface area contributed by atoms with Crippen molar-refractivity contribution >= 4 is 34.9 Å². The van der Waals surface area contributed by atoms with Gasteiger partial charge in [0.2, 0.25) is 5.91 Å². The summed E-state index contributed by atoms with van der Waals surface area (Å²) in [5.74, 6) is -2.31. The van der Waals surface area contributed by atoms with E-state index in [0.29, 0.717) is 36.6 Å². The van der Waals surface area contributed by atoms with Gasteiger partial charge in [0.15, 0.2) is 11.8 Å². The predicted molar refractivity (Wildman–Crippen MR) is 105 cm³/mol. The number of rotatable bonds is 4. The number of para-hydroxylation sites is 1. The lowest BCUT2D eigenvalue weighted by Crippen LogP contribution is -2.54. The van der Waals surface area contributed by atoms with Crippen LogP contribution in [0.2, 0.25) is 5.02 Å². The van der Waals surface area contributed by atoms with Crippen LogP contribution in [0.15, 0.2) is 48.5 Å². The molecule has 2 N–H and O–H groups in total. The van der Waals surface area contributed by atoms with E-state index < -0.39 is 23.2 Å². The number of hydrogen-bond acceptors (Lipinski definition) is 4. The molecule has 2 heterocycles. The number of aliphatic carboxylic acids is 1. The molecule has 7 heteroatoms. The number of hydrogen-bond donors (Lipinski definition) is 2. The normalized spacial score (nSPS) is 18.8. The Morgan fingerprint density at radius 2 is 1.71 bits per heavy atom. The van der Waals surface area contributed by atoms with Gasteiger partial charge in [0, 0.05) is 16.3 Å². The van der Waals surface area contributed by atoms with Gasteiger partial charge in [-0.05, 0) is 61.8 Å². The molecule has 1 saturated heterocycles. The Hall–Kier alpha value is -2.70. The lowest BCUT2D eigenvalue weighted by molar-refractivity contribution is -0.139. The Morgan fingerprint density at radius 1 is 1.07 bits per heavy atom. The van der Waals surface area contributed by atoms with Crippen LogP contribution in [0.5, 0.6) is 0 Å². The van der Waals surface area contributed by atoms with Gasteiger partial charge in [0.05, 0.1) is 5.41 Å². The second kappa shape index (κ2) is 7.04. The van der Waals surface area contributed by atoms with Gasteiger partial charge in [0.1, 0.15) is 0 Å². The summed E-state index contributed by atoms with van der Waals surface area (Å²) < 4.78 is 0. The standard InChI is InChI=1S/C21H19ClN2O4/c22-14-7-5-13(6-8-14)18(25)17(19(26)27)24-16-4-2-1-3-15(16)21(20(24)28)9-11-23-12-10-21/h1-8,17,23H,9-12H2,(H,26,27). The van der Waals surface area contributed by atoms with Crippen molar-refractivity contribution in [2.75, 3.05) is 18.0 Å². The van der Waals surface area contributed by atoms with Gasteiger partial charge in [-0.25, -0.2) is 4.79 Å². The first-order chi connectivity index (χ1) is 13.5. The molecule has 2 aromatic carbocycles. The highest BCUT2D eigenvalue weighted by atomic mass is 35.5. The molecular weight excluding hydrogens is 380 g/mol. The topological polar surface area (TPSA) is 86.7 Å². The van der Waals surface area contributed by atoms with Gasteiger partial charge in [-0.3, -0.25) is 14.5 Å². The van der Waals surface area contributed by atoms with Crippen LogP contribution in [-0.4, -0.2) is 41.9 Å². The summed E-state index contributed by atoms with van der Waals surface area (Å²) in [5.41, 5.74) is 0.727. The largest absolute Gasteiger partial charge is 0.479 e. The Kier molecular flexibility index (Phi) is 4.69. The van der Waals surface area contributed by atoms with E-state index in [1.54, 1.807) is 12.1 Å². The van der Waals surface area contributed by atoms with Crippen LogP contribution in [0.25, 0.3) is 0 Å². The summed E-state index contributed by atoms with van der Waals surface area (Å²) >= 11 is 5.88. The maximum atomic E-state index is 13.5. The molecule has 2 aromatic rings. The van der Waals surface area contributed by atoms with Crippen LogP contribution in [0.4, 0.5) is 5.69 Å². The molecule has 1 spiro atoms. The van der Waals surface area contributed by atoms with E-state index in [1.165, 1.54) is 29.2 Å². The van der Waals surface area contributed by atoms with Crippen LogP contribution in [0.1, 0.15) is 28.8 Å². The average Bonchev–Trinajstić information content (AvgIpc) is 2.92. The summed E-state index contributed by atoms with van der Waals surface area (Å²) in [7, 11) is 0. The third kappa shape index (κ3) is 2.80. The first-order valence-corrected chi connectivity index (χ1v) is 9.50. The number of carbonyl (C=O) groups excluding carboxylic acids is 2. The number of ketones is 1. The van der Waals surface area contributed by atoms with Crippen molar-refractivity contribution in [3.8, 4) is 0 Å². The van der Waals surface area contributed by atoms with Gasteiger partial charge in [-0.15, -0.1) is 0 Å². The van der Waals surface area contributed by atoms with Gasteiger partial charge >= 0.3 is 5.97 Å². The number of amides is 1. The van der Waals surface area contributed by atoms with E-state index in [9.17, 15) is 19.5 Å². The molecule has 1 amide bonds. The zero-order valence-corrected chi connectivity index (χ0v) is 15.8. The van der Waals surface area contributed by atoms with Crippen LogP contribution in [0.3, 0.4) is 0 Å². The summed E-state index contributed by atoms with van der Waals surface area (Å²) in [6.07, 6.45) is 1.14. The van der Waals surface area contributed by atoms with Crippen LogP contribution >= 0.6 is 11.6 Å². The van der Waals surface area contributed by atoms with Gasteiger partial charge in [-0.1, -0.05) is 29.8 Å². The number of carboxylic acids is 1. The molecule has 0 aromatic heterocycles. The molecule has 1 unspecified atom stereocenters. The minimum atomic E-state index is -1.62. The Bertz CT molecular complexity index is 951. The monoisotopic (exact) mass is 398 g/mol. The van der Waals surface area contributed by atoms with Crippen LogP contribution in [0, 0.1) is 0 Å². The maximum absolute atomic E-state index is 13.5. The van der Waals surface area contributed by atoms with Crippen molar-refractivity contribution in [3.63, 3.8) is 0 Å². The minimum Gasteiger partial charge on any atom is -0.479 e. The lowest BCUT2D eigenvalue weighted by atomic mass is 9.74. The van der Waals surface area contributed by atoms with E-state index in [-0.39, 0.29) is 11.5 Å². The second-order valence-electron chi connectivity index (χ2n) is 7.14. The highest BCUT2D eigenvalue weighted by Gasteiger charge is 2.55. The maximum Gasteiger partial charge on any atom is 0.335 e. The Balaban J connectivity index is 1.81. The fourth-order valence-corrected chi connectivity index (χ4v) is 4.37. The molecule has 6 nitrogen and oxygen atoms in total. The van der Waals surface area contributed by atoms with Gasteiger partial charge in [0.25, 0.3) is 0 Å². The van der Waals surface area contributed by atoms with E-state index in [0.717, 1.165) is 5.56 Å². The quantitative estimate of drug-likeness (QED) is 0.610. The minimum absolute atomic E-state index is 0.202. The van der Waals surface area contributed by atoms with Crippen molar-refractivity contribution in [1.29, 1.82) is 0 Å². The summed E-state index contributed by atoms with van der Waals surface area (Å²) in [4.78, 5) is 39.9. The van der Waals surface area contributed by atoms with Crippen molar-refractivity contribution in [2.45, 2.75) is 24.3 Å². The second-order valence-corrected chi connectivity index (χ2v) is 7.57. The van der Waals surface area contributed by atoms with E-state index >= 15 is 0 Å². The van der Waals surface area contributed by atoms with Crippen LogP contribution < -0.4 is 10.2 Å². The average molecular weight is 399 g/mol. The fourth-order valence-electron chi connectivity index (χ4n) is 4.25. The summed E-state index contributed by atoms with van der Waals surface area (Å²) in [6, 6.07) is 11.6. The number of Topliss-reactive ketones (excluding diaryl/α,β-unsaturated/α-hetero) is 1. The zero-order chi connectivity index (χ0) is 19.9. The molecule has 1 fully saturated rings. The van der Waals surface area contributed by atoms with Crippen molar-refractivity contribution < 1.29 is 19.5 Å². The summed E-state index contributed by atoms with van der Waals surface area (Å²) in [5, 5.41) is 13.6. The highest BCUT2D eigenvalue weighted by Crippen LogP contribution is 2.48. The molecule has 144 valence electrons. The number of anilines is 1. The number of piperidine rings is 1. The fraction of sp³-hybridized carbons (Fsp3) is 0.286. The Labute approximate surface area is 167 Å². The van der Waals surface area contributed by atoms with Crippen LogP contribution in [-0.2, 0) is 15.0 Å². The molecule has 4 rings (SSSR count). The SMILES string of the molecule is O=C(O)C(C(=O)c1ccc(Cl)cc1)N1C(=O)C2(CCNCC2)c2ccccc21. The number of benzene rings is 2. The van der Waals surface area contributed by atoms with E-state index in [1.807, 2.05) is 12.1 Å². The molecular formula is C21H19ClN2O4. The van der Waals surface area contributed by atoms with Crippen molar-refractivity contribution in [3.05, 3.63) is 64.7 Å². The Morgan fingerprint density at radius 3 is 2.36 bits per heavy atom. The number of fused-ring (bicyclic) bond motifs is 2. The molecule has 1 atom stereocenters. The molecule has 0 aliphatic carbocycles. The van der Waals surface area contributed by atoms with Crippen molar-refractivity contribution in [1.82, 2.24) is 5.32 Å². The first-order valence-electron chi connectivity index (χ1n) is 9.12. The molecule has 0 bridgehead atoms. The highest BCUT2D eigenvalue weighted by molar-refractivity contribution is 6.30. The van der Waals surface area contributed by atoms with Gasteiger partial charge in [-0.2, -0.15) is 0 Å². The number of nitrogens with zero attached hydrogens (tertiary/aromatic N) is 1. The molecule has 2 aliphatic heterocycles. The first kappa shape index (κ1) is 18.7. The van der Waals surface area contributed by atoms with Gasteiger partial charge < -0.3 is 10.4 Å². The number of carboxylic acid groups (broad SMARTS) is 1. The third-order valence-corrected chi connectivity index (χ3v) is 5.89. The molecule has 2 aliphatic rings. The number of carbonyl (C=O) groups is 3. The zero-order valence-electron chi connectivity index (χ0n) is 15.0. The van der Waals surface area contributed by atoms with E-state index in [2.05, 4.69) is 5.32 Å². The van der Waals surface area contributed by atoms with Crippen molar-refractivity contribution in [2.24, 2.45) is 0 Å². The molecule has 28 heavy (non-hydrogen) atoms. The molecule has 0 saturated carbocycles. The van der Waals surface area contributed by atoms with E-state index in [4.69, 9.17) is 11.6 Å². The third-order valence-electron chi connectivity index (χ3n) is 5.63. The predicted octanol–water partition coefficient (Wildman–Crippen LogP) is 2.64. The lowest BCUT2D eigenvalue weighted by Gasteiger charge is -2.33. The number of nitrogens with one attached hydrogen (secondary N) is 1. The smallest absolute Gasteiger partial charge is 0.335 e. The summed E-state index contributed by atoms with van der Waals surface area (Å²) in [6.45, 7) is 1.33. The molecule has 0 radical (unpaired) electrons. The number of halogens is 1.